The van der Waals surface area contributed by atoms with Crippen LogP contribution in [-0.2, 0) is 5.88 Å². The minimum Gasteiger partial charge on any atom is -0.493 e. The third-order valence-electron chi connectivity index (χ3n) is 2.71. The van der Waals surface area contributed by atoms with Gasteiger partial charge in [-0.1, -0.05) is 29.8 Å². The Labute approximate surface area is 131 Å². The van der Waals surface area contributed by atoms with Gasteiger partial charge in [-0.2, -0.15) is 0 Å². The van der Waals surface area contributed by atoms with Gasteiger partial charge in [0.1, 0.15) is 11.6 Å². The summed E-state index contributed by atoms with van der Waals surface area (Å²) in [5.74, 6) is 2.35. The lowest BCUT2D eigenvalue weighted by atomic mass is 10.1. The molecule has 1 aromatic carbocycles. The third kappa shape index (κ3) is 3.96. The summed E-state index contributed by atoms with van der Waals surface area (Å²) < 4.78 is 12.2. The molecule has 0 aliphatic heterocycles. The summed E-state index contributed by atoms with van der Waals surface area (Å²) in [5, 5.41) is 7.87. The Hall–Kier alpha value is -1.07. The van der Waals surface area contributed by atoms with Crippen LogP contribution in [0.15, 0.2) is 27.1 Å². The lowest BCUT2D eigenvalue weighted by molar-refractivity contribution is 0.290. The molecule has 0 amide bonds. The Bertz CT molecular complexity index is 572. The molecule has 20 heavy (non-hydrogen) atoms. The number of halogens is 2. The highest BCUT2D eigenvalue weighted by atomic mass is 79.9. The number of benzene rings is 1. The van der Waals surface area contributed by atoms with Crippen molar-refractivity contribution in [1.29, 1.82) is 0 Å². The summed E-state index contributed by atoms with van der Waals surface area (Å²) in [6.07, 6.45) is 0.992. The van der Waals surface area contributed by atoms with Crippen molar-refractivity contribution >= 4 is 27.5 Å². The van der Waals surface area contributed by atoms with Crippen molar-refractivity contribution in [2.45, 2.75) is 26.1 Å². The molecule has 2 rings (SSSR count). The molecule has 0 fully saturated rings. The Balaban J connectivity index is 2.23. The van der Waals surface area contributed by atoms with Crippen molar-refractivity contribution < 1.29 is 9.15 Å². The summed E-state index contributed by atoms with van der Waals surface area (Å²) in [6, 6.07) is 5.72. The number of alkyl halides is 1. The second-order valence-corrected chi connectivity index (χ2v) is 5.99. The van der Waals surface area contributed by atoms with E-state index in [0.717, 1.165) is 22.2 Å². The first-order valence-corrected chi connectivity index (χ1v) is 7.74. The highest BCUT2D eigenvalue weighted by Gasteiger charge is 2.14. The predicted octanol–water partition coefficient (Wildman–Crippen LogP) is 4.66. The Morgan fingerprint density at radius 2 is 2.15 bits per heavy atom. The molecule has 0 saturated heterocycles. The molecule has 0 aliphatic carbocycles. The molecule has 108 valence electrons. The van der Waals surface area contributed by atoms with E-state index >= 15 is 0 Å². The monoisotopic (exact) mass is 358 g/mol. The molecule has 1 heterocycles. The van der Waals surface area contributed by atoms with Crippen molar-refractivity contribution in [3.63, 3.8) is 0 Å². The maximum absolute atomic E-state index is 5.82. The first-order valence-electron chi connectivity index (χ1n) is 6.41. The van der Waals surface area contributed by atoms with Crippen LogP contribution in [0.4, 0.5) is 0 Å². The quantitative estimate of drug-likeness (QED) is 0.704. The summed E-state index contributed by atoms with van der Waals surface area (Å²) >= 11 is 9.12. The summed E-state index contributed by atoms with van der Waals surface area (Å²) in [6.45, 7) is 4.98. The van der Waals surface area contributed by atoms with E-state index in [-0.39, 0.29) is 5.88 Å². The molecule has 0 spiro atoms. The molecule has 0 bridgehead atoms. The molecule has 0 radical (unpaired) electrons. The van der Waals surface area contributed by atoms with E-state index in [9.17, 15) is 0 Å². The SMILES string of the molecule is CC(C)CCOc1ccc(Br)cc1-c1nnc(CCl)o1. The average Bonchev–Trinajstić information content (AvgIpc) is 2.88. The molecular weight excluding hydrogens is 344 g/mol. The third-order valence-corrected chi connectivity index (χ3v) is 3.43. The van der Waals surface area contributed by atoms with E-state index in [1.54, 1.807) is 0 Å². The molecule has 0 atom stereocenters. The van der Waals surface area contributed by atoms with E-state index < -0.39 is 0 Å². The molecule has 2 aromatic rings. The van der Waals surface area contributed by atoms with Crippen molar-refractivity contribution in [2.24, 2.45) is 5.92 Å². The van der Waals surface area contributed by atoms with Crippen LogP contribution >= 0.6 is 27.5 Å². The van der Waals surface area contributed by atoms with Crippen LogP contribution in [0, 0.1) is 5.92 Å². The van der Waals surface area contributed by atoms with Crippen LogP contribution in [0.25, 0.3) is 11.5 Å². The normalized spacial score (nSPS) is 11.1. The van der Waals surface area contributed by atoms with Gasteiger partial charge < -0.3 is 9.15 Å². The van der Waals surface area contributed by atoms with Gasteiger partial charge in [-0.3, -0.25) is 0 Å². The molecule has 4 nitrogen and oxygen atoms in total. The van der Waals surface area contributed by atoms with Crippen LogP contribution in [0.2, 0.25) is 0 Å². The van der Waals surface area contributed by atoms with Crippen molar-refractivity contribution in [3.05, 3.63) is 28.6 Å². The van der Waals surface area contributed by atoms with Crippen LogP contribution < -0.4 is 4.74 Å². The van der Waals surface area contributed by atoms with Gasteiger partial charge in [-0.05, 0) is 30.5 Å². The van der Waals surface area contributed by atoms with Gasteiger partial charge in [0.2, 0.25) is 5.89 Å². The smallest absolute Gasteiger partial charge is 0.251 e. The fourth-order valence-corrected chi connectivity index (χ4v) is 2.09. The van der Waals surface area contributed by atoms with Gasteiger partial charge in [0, 0.05) is 4.47 Å². The highest BCUT2D eigenvalue weighted by molar-refractivity contribution is 9.10. The number of rotatable bonds is 6. The van der Waals surface area contributed by atoms with Crippen molar-refractivity contribution in [1.82, 2.24) is 10.2 Å². The highest BCUT2D eigenvalue weighted by Crippen LogP contribution is 2.32. The van der Waals surface area contributed by atoms with Crippen molar-refractivity contribution in [3.8, 4) is 17.2 Å². The number of ether oxygens (including phenoxy) is 1. The predicted molar refractivity (Wildman–Crippen MR) is 81.9 cm³/mol. The van der Waals surface area contributed by atoms with E-state index in [1.165, 1.54) is 0 Å². The van der Waals surface area contributed by atoms with E-state index in [4.69, 9.17) is 20.8 Å². The van der Waals surface area contributed by atoms with Gasteiger partial charge in [0.15, 0.2) is 0 Å². The second-order valence-electron chi connectivity index (χ2n) is 4.81. The van der Waals surface area contributed by atoms with Gasteiger partial charge in [-0.25, -0.2) is 0 Å². The summed E-state index contributed by atoms with van der Waals surface area (Å²) in [7, 11) is 0. The van der Waals surface area contributed by atoms with Crippen LogP contribution in [-0.4, -0.2) is 16.8 Å². The number of nitrogens with zero attached hydrogens (tertiary/aromatic N) is 2. The minimum absolute atomic E-state index is 0.199. The van der Waals surface area contributed by atoms with Gasteiger partial charge >= 0.3 is 0 Å². The minimum atomic E-state index is 0.199. The first-order chi connectivity index (χ1) is 9.60. The fourth-order valence-electron chi connectivity index (χ4n) is 1.62. The molecule has 0 N–H and O–H groups in total. The summed E-state index contributed by atoms with van der Waals surface area (Å²) in [5.41, 5.74) is 0.770. The lowest BCUT2D eigenvalue weighted by Crippen LogP contribution is -2.02. The van der Waals surface area contributed by atoms with Gasteiger partial charge in [-0.15, -0.1) is 21.8 Å². The van der Waals surface area contributed by atoms with Crippen LogP contribution in [0.1, 0.15) is 26.2 Å². The average molecular weight is 360 g/mol. The first kappa shape index (κ1) is 15.3. The zero-order valence-corrected chi connectivity index (χ0v) is 13.7. The molecular formula is C14H16BrClN2O2. The maximum Gasteiger partial charge on any atom is 0.251 e. The van der Waals surface area contributed by atoms with Crippen molar-refractivity contribution in [2.75, 3.05) is 6.61 Å². The Morgan fingerprint density at radius 3 is 2.80 bits per heavy atom. The van der Waals surface area contributed by atoms with E-state index in [1.807, 2.05) is 18.2 Å². The Kier molecular flexibility index (Phi) is 5.43. The number of hydrogen-bond donors (Lipinski definition) is 0. The molecule has 1 aromatic heterocycles. The zero-order chi connectivity index (χ0) is 14.5. The standard InChI is InChI=1S/C14H16BrClN2O2/c1-9(2)5-6-19-12-4-3-10(15)7-11(12)14-18-17-13(8-16)20-14/h3-4,7,9H,5-6,8H2,1-2H3. The maximum atomic E-state index is 5.82. The summed E-state index contributed by atoms with van der Waals surface area (Å²) in [4.78, 5) is 0. The topological polar surface area (TPSA) is 48.2 Å². The van der Waals surface area contributed by atoms with E-state index in [0.29, 0.717) is 24.3 Å². The lowest BCUT2D eigenvalue weighted by Gasteiger charge is -2.11. The molecule has 6 heteroatoms. The zero-order valence-electron chi connectivity index (χ0n) is 11.4. The molecule has 0 saturated carbocycles. The van der Waals surface area contributed by atoms with E-state index in [2.05, 4.69) is 40.0 Å². The molecule has 0 unspecified atom stereocenters. The van der Waals surface area contributed by atoms with Crippen LogP contribution in [0.3, 0.4) is 0 Å². The number of aromatic nitrogens is 2. The largest absolute Gasteiger partial charge is 0.493 e. The van der Waals surface area contributed by atoms with Crippen LogP contribution in [0.5, 0.6) is 5.75 Å². The number of hydrogen-bond acceptors (Lipinski definition) is 4. The van der Waals surface area contributed by atoms with Gasteiger partial charge in [0.25, 0.3) is 5.89 Å². The Morgan fingerprint density at radius 1 is 1.35 bits per heavy atom. The second kappa shape index (κ2) is 7.09. The fraction of sp³-hybridized carbons (Fsp3) is 0.429. The van der Waals surface area contributed by atoms with Gasteiger partial charge in [0.05, 0.1) is 12.2 Å². The molecule has 0 aliphatic rings.